The highest BCUT2D eigenvalue weighted by Crippen LogP contribution is 2.25. The van der Waals surface area contributed by atoms with Gasteiger partial charge >= 0.3 is 0 Å². The SMILES string of the molecule is COc1ccc2c(c1)CN(C(=O)c1ccc(-n3cccc3)cc1)CC2. The minimum Gasteiger partial charge on any atom is -0.497 e. The normalized spacial score (nSPS) is 13.4. The van der Waals surface area contributed by atoms with Crippen LogP contribution in [0.5, 0.6) is 5.75 Å². The lowest BCUT2D eigenvalue weighted by atomic mass is 9.99. The topological polar surface area (TPSA) is 34.5 Å². The monoisotopic (exact) mass is 332 g/mol. The number of carbonyl (C=O) groups excluding carboxylic acids is 1. The molecule has 0 saturated carbocycles. The second-order valence-electron chi connectivity index (χ2n) is 6.25. The van der Waals surface area contributed by atoms with E-state index in [1.165, 1.54) is 11.1 Å². The van der Waals surface area contributed by atoms with Crippen LogP contribution in [0.25, 0.3) is 5.69 Å². The third kappa shape index (κ3) is 3.03. The summed E-state index contributed by atoms with van der Waals surface area (Å²) < 4.78 is 7.33. The van der Waals surface area contributed by atoms with E-state index in [4.69, 9.17) is 4.74 Å². The summed E-state index contributed by atoms with van der Waals surface area (Å²) in [4.78, 5) is 14.8. The van der Waals surface area contributed by atoms with Gasteiger partial charge in [0.05, 0.1) is 7.11 Å². The molecular formula is C21H20N2O2. The Bertz CT molecular complexity index is 883. The van der Waals surface area contributed by atoms with Crippen LogP contribution in [-0.4, -0.2) is 29.0 Å². The molecule has 4 nitrogen and oxygen atoms in total. The number of rotatable bonds is 3. The number of amides is 1. The summed E-state index contributed by atoms with van der Waals surface area (Å²) in [5.74, 6) is 0.914. The molecule has 1 aliphatic heterocycles. The van der Waals surface area contributed by atoms with Crippen molar-refractivity contribution in [2.45, 2.75) is 13.0 Å². The van der Waals surface area contributed by atoms with Gasteiger partial charge in [-0.1, -0.05) is 6.07 Å². The molecule has 2 heterocycles. The molecule has 0 fully saturated rings. The van der Waals surface area contributed by atoms with Gasteiger partial charge in [0, 0.05) is 36.7 Å². The minimum atomic E-state index is 0.0764. The number of aromatic nitrogens is 1. The highest BCUT2D eigenvalue weighted by molar-refractivity contribution is 5.94. The van der Waals surface area contributed by atoms with E-state index in [0.717, 1.165) is 30.0 Å². The average Bonchev–Trinajstić information content (AvgIpc) is 3.21. The van der Waals surface area contributed by atoms with Crippen molar-refractivity contribution in [3.05, 3.63) is 83.7 Å². The maximum atomic E-state index is 12.8. The van der Waals surface area contributed by atoms with E-state index in [9.17, 15) is 4.79 Å². The highest BCUT2D eigenvalue weighted by Gasteiger charge is 2.22. The first-order valence-corrected chi connectivity index (χ1v) is 8.43. The molecule has 4 rings (SSSR count). The predicted octanol–water partition coefficient (Wildman–Crippen LogP) is 3.68. The quantitative estimate of drug-likeness (QED) is 0.733. The van der Waals surface area contributed by atoms with Gasteiger partial charge in [-0.3, -0.25) is 4.79 Å². The average molecular weight is 332 g/mol. The lowest BCUT2D eigenvalue weighted by Gasteiger charge is -2.29. The van der Waals surface area contributed by atoms with Gasteiger partial charge in [-0.15, -0.1) is 0 Å². The van der Waals surface area contributed by atoms with Crippen LogP contribution in [0.1, 0.15) is 21.5 Å². The Kier molecular flexibility index (Phi) is 4.02. The summed E-state index contributed by atoms with van der Waals surface area (Å²) in [6, 6.07) is 17.8. The van der Waals surface area contributed by atoms with Crippen LogP contribution in [0.3, 0.4) is 0 Å². The largest absolute Gasteiger partial charge is 0.497 e. The first-order chi connectivity index (χ1) is 12.2. The van der Waals surface area contributed by atoms with Gasteiger partial charge in [-0.2, -0.15) is 0 Å². The Morgan fingerprint density at radius 2 is 1.76 bits per heavy atom. The van der Waals surface area contributed by atoms with E-state index >= 15 is 0 Å². The number of fused-ring (bicyclic) bond motifs is 1. The van der Waals surface area contributed by atoms with Crippen LogP contribution in [-0.2, 0) is 13.0 Å². The lowest BCUT2D eigenvalue weighted by molar-refractivity contribution is 0.0734. The van der Waals surface area contributed by atoms with Crippen molar-refractivity contribution in [2.75, 3.05) is 13.7 Å². The van der Waals surface area contributed by atoms with Gasteiger partial charge < -0.3 is 14.2 Å². The van der Waals surface area contributed by atoms with Crippen molar-refractivity contribution in [2.24, 2.45) is 0 Å². The zero-order valence-corrected chi connectivity index (χ0v) is 14.2. The molecule has 0 aliphatic carbocycles. The first kappa shape index (κ1) is 15.5. The highest BCUT2D eigenvalue weighted by atomic mass is 16.5. The number of nitrogens with zero attached hydrogens (tertiary/aromatic N) is 2. The van der Waals surface area contributed by atoms with E-state index in [2.05, 4.69) is 6.07 Å². The van der Waals surface area contributed by atoms with Crippen molar-refractivity contribution in [3.63, 3.8) is 0 Å². The smallest absolute Gasteiger partial charge is 0.254 e. The zero-order chi connectivity index (χ0) is 17.2. The molecule has 1 aliphatic rings. The van der Waals surface area contributed by atoms with Gasteiger partial charge in [0.25, 0.3) is 5.91 Å². The van der Waals surface area contributed by atoms with E-state index in [0.29, 0.717) is 6.54 Å². The number of ether oxygens (including phenoxy) is 1. The second kappa shape index (κ2) is 6.48. The molecule has 0 radical (unpaired) electrons. The Morgan fingerprint density at radius 3 is 2.48 bits per heavy atom. The molecule has 126 valence electrons. The summed E-state index contributed by atoms with van der Waals surface area (Å²) in [7, 11) is 1.67. The summed E-state index contributed by atoms with van der Waals surface area (Å²) in [5.41, 5.74) is 4.24. The van der Waals surface area contributed by atoms with Crippen LogP contribution in [0.15, 0.2) is 67.0 Å². The van der Waals surface area contributed by atoms with Crippen LogP contribution < -0.4 is 4.74 Å². The fourth-order valence-electron chi connectivity index (χ4n) is 3.30. The summed E-state index contributed by atoms with van der Waals surface area (Å²) in [6.45, 7) is 1.38. The van der Waals surface area contributed by atoms with Gasteiger partial charge in [0.2, 0.25) is 0 Å². The van der Waals surface area contributed by atoms with Crippen molar-refractivity contribution in [3.8, 4) is 11.4 Å². The maximum Gasteiger partial charge on any atom is 0.254 e. The van der Waals surface area contributed by atoms with Gasteiger partial charge in [0.1, 0.15) is 5.75 Å². The van der Waals surface area contributed by atoms with E-state index in [1.54, 1.807) is 7.11 Å². The van der Waals surface area contributed by atoms with Crippen molar-refractivity contribution >= 4 is 5.91 Å². The van der Waals surface area contributed by atoms with Crippen LogP contribution in [0, 0.1) is 0 Å². The molecule has 1 aromatic heterocycles. The standard InChI is InChI=1S/C21H20N2O2/c1-25-20-9-6-16-10-13-23(15-18(16)14-20)21(24)17-4-7-19(8-5-17)22-11-2-3-12-22/h2-9,11-12,14H,10,13,15H2,1H3. The number of hydrogen-bond donors (Lipinski definition) is 0. The maximum absolute atomic E-state index is 12.8. The number of hydrogen-bond acceptors (Lipinski definition) is 2. The molecule has 0 atom stereocenters. The number of carbonyl (C=O) groups is 1. The van der Waals surface area contributed by atoms with E-state index in [-0.39, 0.29) is 5.91 Å². The Labute approximate surface area is 147 Å². The third-order valence-electron chi connectivity index (χ3n) is 4.73. The first-order valence-electron chi connectivity index (χ1n) is 8.43. The van der Waals surface area contributed by atoms with Gasteiger partial charge in [-0.25, -0.2) is 0 Å². The lowest BCUT2D eigenvalue weighted by Crippen LogP contribution is -2.35. The molecule has 0 N–H and O–H groups in total. The number of benzene rings is 2. The summed E-state index contributed by atoms with van der Waals surface area (Å²) in [6.07, 6.45) is 4.87. The molecular weight excluding hydrogens is 312 g/mol. The van der Waals surface area contributed by atoms with Gasteiger partial charge in [-0.05, 0) is 66.1 Å². The molecule has 1 amide bonds. The van der Waals surface area contributed by atoms with Gasteiger partial charge in [0.15, 0.2) is 0 Å². The van der Waals surface area contributed by atoms with Crippen molar-refractivity contribution < 1.29 is 9.53 Å². The summed E-state index contributed by atoms with van der Waals surface area (Å²) >= 11 is 0. The van der Waals surface area contributed by atoms with Crippen LogP contribution in [0.2, 0.25) is 0 Å². The molecule has 3 aromatic rings. The predicted molar refractivity (Wildman–Crippen MR) is 97.2 cm³/mol. The van der Waals surface area contributed by atoms with Crippen molar-refractivity contribution in [1.29, 1.82) is 0 Å². The van der Waals surface area contributed by atoms with Crippen molar-refractivity contribution in [1.82, 2.24) is 9.47 Å². The zero-order valence-electron chi connectivity index (χ0n) is 14.2. The third-order valence-corrected chi connectivity index (χ3v) is 4.73. The fraction of sp³-hybridized carbons (Fsp3) is 0.190. The fourth-order valence-corrected chi connectivity index (χ4v) is 3.30. The molecule has 2 aromatic carbocycles. The van der Waals surface area contributed by atoms with E-state index in [1.807, 2.05) is 70.4 Å². The molecule has 25 heavy (non-hydrogen) atoms. The second-order valence-corrected chi connectivity index (χ2v) is 6.25. The molecule has 0 bridgehead atoms. The van der Waals surface area contributed by atoms with Crippen LogP contribution >= 0.6 is 0 Å². The van der Waals surface area contributed by atoms with Crippen LogP contribution in [0.4, 0.5) is 0 Å². The number of methoxy groups -OCH3 is 1. The Balaban J connectivity index is 1.53. The Morgan fingerprint density at radius 1 is 1.00 bits per heavy atom. The molecule has 0 saturated heterocycles. The molecule has 4 heteroatoms. The Hall–Kier alpha value is -3.01. The molecule has 0 spiro atoms. The minimum absolute atomic E-state index is 0.0764. The van der Waals surface area contributed by atoms with E-state index < -0.39 is 0 Å². The summed E-state index contributed by atoms with van der Waals surface area (Å²) in [5, 5.41) is 0. The molecule has 0 unspecified atom stereocenters.